The number of hydrogen-bond acceptors (Lipinski definition) is 5. The number of rotatable bonds is 5. The lowest BCUT2D eigenvalue weighted by Gasteiger charge is -2.29. The van der Waals surface area contributed by atoms with Crippen molar-refractivity contribution in [3.63, 3.8) is 0 Å². The van der Waals surface area contributed by atoms with Gasteiger partial charge in [0.05, 0.1) is 6.54 Å². The van der Waals surface area contributed by atoms with E-state index in [9.17, 15) is 24.0 Å². The summed E-state index contributed by atoms with van der Waals surface area (Å²) < 4.78 is 0. The molecule has 1 aromatic rings. The van der Waals surface area contributed by atoms with E-state index in [2.05, 4.69) is 10.6 Å². The lowest BCUT2D eigenvalue weighted by Crippen LogP contribution is -2.50. The molecule has 0 bridgehead atoms. The molecule has 2 aliphatic rings. The summed E-state index contributed by atoms with van der Waals surface area (Å²) in [6.07, 6.45) is 3.98. The zero-order chi connectivity index (χ0) is 21.0. The van der Waals surface area contributed by atoms with Gasteiger partial charge in [-0.1, -0.05) is 50.1 Å². The van der Waals surface area contributed by atoms with Gasteiger partial charge in [0.25, 0.3) is 0 Å². The molecular weight excluding hydrogens is 376 g/mol. The number of imide groups is 3. The number of benzene rings is 1. The summed E-state index contributed by atoms with van der Waals surface area (Å²) in [6.45, 7) is 1.28. The van der Waals surface area contributed by atoms with E-state index in [1.54, 1.807) is 30.3 Å². The van der Waals surface area contributed by atoms with Crippen LogP contribution in [0.1, 0.15) is 38.2 Å². The standard InChI is InChI=1S/C20H24N4O5/c1-13-7-5-6-10-15(13)21-19(28)22-16(25)12-24-18(27)17(26)23(20(24)29)11-14-8-3-2-4-9-14/h2-4,8-9,13,15H,5-7,10-12H2,1H3,(H2,21,22,25,28)/t13-,15-/m0/s1. The minimum absolute atomic E-state index is 0.0189. The molecule has 0 radical (unpaired) electrons. The Morgan fingerprint density at radius 1 is 1.00 bits per heavy atom. The maximum Gasteiger partial charge on any atom is 0.335 e. The maximum atomic E-state index is 12.4. The number of nitrogens with one attached hydrogen (secondary N) is 2. The van der Waals surface area contributed by atoms with Crippen molar-refractivity contribution in [2.45, 2.75) is 45.2 Å². The molecule has 1 aliphatic heterocycles. The van der Waals surface area contributed by atoms with Crippen molar-refractivity contribution in [1.29, 1.82) is 0 Å². The SMILES string of the molecule is C[C@H]1CCCC[C@@H]1NC(=O)NC(=O)CN1C(=O)C(=O)N(Cc2ccccc2)C1=O. The summed E-state index contributed by atoms with van der Waals surface area (Å²) in [6, 6.07) is 7.17. The van der Waals surface area contributed by atoms with E-state index in [4.69, 9.17) is 0 Å². The summed E-state index contributed by atoms with van der Waals surface area (Å²) in [4.78, 5) is 62.3. The van der Waals surface area contributed by atoms with Crippen molar-refractivity contribution in [2.24, 2.45) is 5.92 Å². The van der Waals surface area contributed by atoms with Crippen LogP contribution in [0.2, 0.25) is 0 Å². The average molecular weight is 400 g/mol. The highest BCUT2D eigenvalue weighted by atomic mass is 16.2. The molecule has 2 atom stereocenters. The first kappa shape index (κ1) is 20.5. The van der Waals surface area contributed by atoms with E-state index in [0.717, 1.165) is 30.6 Å². The quantitative estimate of drug-likeness (QED) is 0.572. The van der Waals surface area contributed by atoms with Gasteiger partial charge >= 0.3 is 23.9 Å². The summed E-state index contributed by atoms with van der Waals surface area (Å²) in [5, 5.41) is 4.89. The van der Waals surface area contributed by atoms with Crippen molar-refractivity contribution in [3.8, 4) is 0 Å². The second-order valence-corrected chi connectivity index (χ2v) is 7.44. The smallest absolute Gasteiger partial charge is 0.335 e. The Kier molecular flexibility index (Phi) is 6.26. The van der Waals surface area contributed by atoms with Crippen LogP contribution < -0.4 is 10.6 Å². The monoisotopic (exact) mass is 400 g/mol. The largest absolute Gasteiger partial charge is 0.335 e. The average Bonchev–Trinajstić information content (AvgIpc) is 2.89. The van der Waals surface area contributed by atoms with Gasteiger partial charge in [-0.15, -0.1) is 0 Å². The minimum atomic E-state index is -1.08. The number of nitrogens with zero attached hydrogens (tertiary/aromatic N) is 2. The summed E-state index contributed by atoms with van der Waals surface area (Å²) in [7, 11) is 0. The zero-order valence-electron chi connectivity index (χ0n) is 16.2. The van der Waals surface area contributed by atoms with Crippen LogP contribution in [-0.2, 0) is 20.9 Å². The van der Waals surface area contributed by atoms with Crippen LogP contribution in [0.25, 0.3) is 0 Å². The highest BCUT2D eigenvalue weighted by molar-refractivity contribution is 6.45. The summed E-state index contributed by atoms with van der Waals surface area (Å²) in [5.41, 5.74) is 0.675. The van der Waals surface area contributed by atoms with Crippen LogP contribution in [-0.4, -0.2) is 52.2 Å². The second-order valence-electron chi connectivity index (χ2n) is 7.44. The van der Waals surface area contributed by atoms with E-state index in [0.29, 0.717) is 16.4 Å². The zero-order valence-corrected chi connectivity index (χ0v) is 16.2. The van der Waals surface area contributed by atoms with Gasteiger partial charge < -0.3 is 5.32 Å². The van der Waals surface area contributed by atoms with Gasteiger partial charge in [-0.2, -0.15) is 0 Å². The van der Waals surface area contributed by atoms with Gasteiger partial charge in [-0.05, 0) is 24.3 Å². The predicted molar refractivity (Wildman–Crippen MR) is 102 cm³/mol. The van der Waals surface area contributed by atoms with E-state index in [1.807, 2.05) is 6.92 Å². The molecule has 1 aliphatic carbocycles. The molecule has 2 N–H and O–H groups in total. The summed E-state index contributed by atoms with van der Waals surface area (Å²) >= 11 is 0. The third-order valence-electron chi connectivity index (χ3n) is 5.30. The van der Waals surface area contributed by atoms with Crippen LogP contribution in [0.15, 0.2) is 30.3 Å². The summed E-state index contributed by atoms with van der Waals surface area (Å²) in [5.74, 6) is -2.59. The second kappa shape index (κ2) is 8.85. The fraction of sp³-hybridized carbons (Fsp3) is 0.450. The van der Waals surface area contributed by atoms with Gasteiger partial charge in [0, 0.05) is 6.04 Å². The van der Waals surface area contributed by atoms with E-state index < -0.39 is 36.3 Å². The number of carbonyl (C=O) groups excluding carboxylic acids is 5. The molecule has 3 rings (SSSR count). The number of carbonyl (C=O) groups is 5. The number of amides is 7. The highest BCUT2D eigenvalue weighted by Crippen LogP contribution is 2.23. The molecule has 1 saturated heterocycles. The molecular formula is C20H24N4O5. The molecule has 7 amide bonds. The van der Waals surface area contributed by atoms with Gasteiger partial charge in [0.15, 0.2) is 0 Å². The highest BCUT2D eigenvalue weighted by Gasteiger charge is 2.45. The van der Waals surface area contributed by atoms with Gasteiger partial charge in [-0.3, -0.25) is 24.6 Å². The third-order valence-corrected chi connectivity index (χ3v) is 5.30. The first-order valence-electron chi connectivity index (χ1n) is 9.68. The maximum absolute atomic E-state index is 12.4. The molecule has 1 aromatic carbocycles. The molecule has 0 spiro atoms. The Hall–Kier alpha value is -3.23. The Bertz CT molecular complexity index is 825. The van der Waals surface area contributed by atoms with Gasteiger partial charge in [-0.25, -0.2) is 14.5 Å². The Morgan fingerprint density at radius 3 is 2.34 bits per heavy atom. The fourth-order valence-electron chi connectivity index (χ4n) is 3.64. The molecule has 9 nitrogen and oxygen atoms in total. The topological polar surface area (TPSA) is 116 Å². The number of hydrogen-bond donors (Lipinski definition) is 2. The molecule has 29 heavy (non-hydrogen) atoms. The van der Waals surface area contributed by atoms with Crippen molar-refractivity contribution >= 4 is 29.8 Å². The molecule has 0 aromatic heterocycles. The van der Waals surface area contributed by atoms with Crippen LogP contribution in [0, 0.1) is 5.92 Å². The van der Waals surface area contributed by atoms with Gasteiger partial charge in [0.2, 0.25) is 5.91 Å². The van der Waals surface area contributed by atoms with Crippen molar-refractivity contribution in [2.75, 3.05) is 6.54 Å². The van der Waals surface area contributed by atoms with Gasteiger partial charge in [0.1, 0.15) is 6.54 Å². The van der Waals surface area contributed by atoms with Crippen molar-refractivity contribution in [1.82, 2.24) is 20.4 Å². The molecule has 154 valence electrons. The normalized spacial score (nSPS) is 22.0. The predicted octanol–water partition coefficient (Wildman–Crippen LogP) is 1.38. The fourth-order valence-corrected chi connectivity index (χ4v) is 3.64. The first-order chi connectivity index (χ1) is 13.9. The van der Waals surface area contributed by atoms with Crippen LogP contribution in [0.5, 0.6) is 0 Å². The molecule has 1 saturated carbocycles. The lowest BCUT2D eigenvalue weighted by atomic mass is 9.86. The van der Waals surface area contributed by atoms with Crippen molar-refractivity contribution < 1.29 is 24.0 Å². The molecule has 0 unspecified atom stereocenters. The Morgan fingerprint density at radius 2 is 1.66 bits per heavy atom. The van der Waals surface area contributed by atoms with E-state index >= 15 is 0 Å². The first-order valence-corrected chi connectivity index (χ1v) is 9.68. The minimum Gasteiger partial charge on any atom is -0.335 e. The molecule has 2 fully saturated rings. The van der Waals surface area contributed by atoms with Crippen LogP contribution in [0.4, 0.5) is 9.59 Å². The molecule has 9 heteroatoms. The molecule has 1 heterocycles. The van der Waals surface area contributed by atoms with E-state index in [1.165, 1.54) is 0 Å². The number of urea groups is 2. The third kappa shape index (κ3) is 4.79. The van der Waals surface area contributed by atoms with Crippen LogP contribution >= 0.6 is 0 Å². The Labute approximate surface area is 168 Å². The Balaban J connectivity index is 1.55. The lowest BCUT2D eigenvalue weighted by molar-refractivity contribution is -0.144. The van der Waals surface area contributed by atoms with E-state index in [-0.39, 0.29) is 12.6 Å². The van der Waals surface area contributed by atoms with Crippen LogP contribution in [0.3, 0.4) is 0 Å². The van der Waals surface area contributed by atoms with Crippen molar-refractivity contribution in [3.05, 3.63) is 35.9 Å².